The summed E-state index contributed by atoms with van der Waals surface area (Å²) in [6.45, 7) is 23.2. The Labute approximate surface area is 134 Å². The minimum atomic E-state index is 0.808. The van der Waals surface area contributed by atoms with E-state index in [1.54, 1.807) is 0 Å². The third-order valence-corrected chi connectivity index (χ3v) is 4.15. The van der Waals surface area contributed by atoms with Crippen LogP contribution in [0, 0.1) is 11.8 Å². The Balaban J connectivity index is 3.82. The average Bonchev–Trinajstić information content (AvgIpc) is 2.44. The molecule has 0 aromatic heterocycles. The van der Waals surface area contributed by atoms with Crippen molar-refractivity contribution >= 4 is 0 Å². The first-order valence-corrected chi connectivity index (χ1v) is 9.14. The largest absolute Gasteiger partial charge is 0.314 e. The molecule has 0 aliphatic carbocycles. The molecule has 0 atom stereocenters. The molecule has 3 heteroatoms. The van der Waals surface area contributed by atoms with Crippen molar-refractivity contribution in [3.63, 3.8) is 0 Å². The summed E-state index contributed by atoms with van der Waals surface area (Å²) in [5, 5.41) is 3.61. The summed E-state index contributed by atoms with van der Waals surface area (Å²) in [6.07, 6.45) is 2.63. The maximum atomic E-state index is 3.61. The lowest BCUT2D eigenvalue weighted by Crippen LogP contribution is -2.37. The fourth-order valence-electron chi connectivity index (χ4n) is 2.36. The summed E-state index contributed by atoms with van der Waals surface area (Å²) in [5.41, 5.74) is 0. The smallest absolute Gasteiger partial charge is 0.0107 e. The normalized spacial score (nSPS) is 12.3. The van der Waals surface area contributed by atoms with Gasteiger partial charge in [-0.2, -0.15) is 0 Å². The third-order valence-electron chi connectivity index (χ3n) is 4.15. The third kappa shape index (κ3) is 13.3. The molecule has 0 aliphatic rings. The van der Waals surface area contributed by atoms with Crippen molar-refractivity contribution < 1.29 is 0 Å². The van der Waals surface area contributed by atoms with E-state index in [1.165, 1.54) is 39.0 Å². The Morgan fingerprint density at radius 3 is 1.48 bits per heavy atom. The van der Waals surface area contributed by atoms with Crippen LogP contribution in [0.2, 0.25) is 0 Å². The van der Waals surface area contributed by atoms with Crippen molar-refractivity contribution in [1.82, 2.24) is 15.1 Å². The first-order valence-electron chi connectivity index (χ1n) is 9.14. The van der Waals surface area contributed by atoms with Gasteiger partial charge in [0, 0.05) is 26.2 Å². The summed E-state index contributed by atoms with van der Waals surface area (Å²) < 4.78 is 0. The zero-order valence-corrected chi connectivity index (χ0v) is 15.6. The van der Waals surface area contributed by atoms with E-state index in [1.807, 2.05) is 0 Å². The van der Waals surface area contributed by atoms with E-state index in [-0.39, 0.29) is 0 Å². The zero-order chi connectivity index (χ0) is 16.1. The molecule has 21 heavy (non-hydrogen) atoms. The molecule has 0 fully saturated rings. The molecule has 0 rings (SSSR count). The van der Waals surface area contributed by atoms with Crippen LogP contribution < -0.4 is 5.32 Å². The van der Waals surface area contributed by atoms with Crippen LogP contribution in [0.4, 0.5) is 0 Å². The Hall–Kier alpha value is -0.120. The second-order valence-electron chi connectivity index (χ2n) is 6.98. The molecule has 0 heterocycles. The molecule has 128 valence electrons. The predicted octanol–water partition coefficient (Wildman–Crippen LogP) is 3.31. The molecule has 0 radical (unpaired) electrons. The molecule has 0 unspecified atom stereocenters. The second kappa shape index (κ2) is 13.5. The fraction of sp³-hybridized carbons (Fsp3) is 1.00. The first-order chi connectivity index (χ1) is 9.99. The highest BCUT2D eigenvalue weighted by Crippen LogP contribution is 2.06. The van der Waals surface area contributed by atoms with Gasteiger partial charge in [0.15, 0.2) is 0 Å². The van der Waals surface area contributed by atoms with Gasteiger partial charge < -0.3 is 15.1 Å². The van der Waals surface area contributed by atoms with Crippen LogP contribution in [-0.2, 0) is 0 Å². The van der Waals surface area contributed by atoms with Crippen molar-refractivity contribution in [2.75, 3.05) is 52.4 Å². The lowest BCUT2D eigenvalue weighted by Gasteiger charge is -2.25. The van der Waals surface area contributed by atoms with Crippen LogP contribution in [0.25, 0.3) is 0 Å². The lowest BCUT2D eigenvalue weighted by molar-refractivity contribution is 0.240. The van der Waals surface area contributed by atoms with Gasteiger partial charge in [-0.05, 0) is 50.9 Å². The van der Waals surface area contributed by atoms with E-state index in [0.29, 0.717) is 0 Å². The highest BCUT2D eigenvalue weighted by atomic mass is 15.1. The molecule has 0 aromatic carbocycles. The van der Waals surface area contributed by atoms with Crippen LogP contribution in [0.3, 0.4) is 0 Å². The molecule has 0 amide bonds. The molecular formula is C18H41N3. The van der Waals surface area contributed by atoms with Gasteiger partial charge in [0.05, 0.1) is 0 Å². The predicted molar refractivity (Wildman–Crippen MR) is 96.0 cm³/mol. The molecule has 0 aliphatic heterocycles. The van der Waals surface area contributed by atoms with Crippen LogP contribution in [-0.4, -0.2) is 62.2 Å². The van der Waals surface area contributed by atoms with E-state index in [9.17, 15) is 0 Å². The lowest BCUT2D eigenvalue weighted by atomic mass is 10.1. The van der Waals surface area contributed by atoms with E-state index in [0.717, 1.165) is 38.0 Å². The standard InChI is InChI=1S/C18H41N3/c1-7-20(8-2)15-11-19-12-16-21(13-9-17(3)4)14-10-18(5)6/h17-19H,7-16H2,1-6H3. The second-order valence-corrected chi connectivity index (χ2v) is 6.98. The summed E-state index contributed by atoms with van der Waals surface area (Å²) in [5.74, 6) is 1.62. The quantitative estimate of drug-likeness (QED) is 0.496. The van der Waals surface area contributed by atoms with Gasteiger partial charge in [-0.3, -0.25) is 0 Å². The molecule has 0 saturated heterocycles. The summed E-state index contributed by atoms with van der Waals surface area (Å²) in [7, 11) is 0. The van der Waals surface area contributed by atoms with Gasteiger partial charge in [0.25, 0.3) is 0 Å². The monoisotopic (exact) mass is 299 g/mol. The van der Waals surface area contributed by atoms with E-state index in [2.05, 4.69) is 56.7 Å². The van der Waals surface area contributed by atoms with Gasteiger partial charge in [-0.1, -0.05) is 41.5 Å². The zero-order valence-electron chi connectivity index (χ0n) is 15.6. The number of hydrogen-bond donors (Lipinski definition) is 1. The van der Waals surface area contributed by atoms with Crippen molar-refractivity contribution in [2.24, 2.45) is 11.8 Å². The number of likely N-dealkylation sites (N-methyl/N-ethyl adjacent to an activating group) is 1. The minimum absolute atomic E-state index is 0.808. The Morgan fingerprint density at radius 2 is 1.10 bits per heavy atom. The molecule has 1 N–H and O–H groups in total. The van der Waals surface area contributed by atoms with Crippen molar-refractivity contribution in [3.05, 3.63) is 0 Å². The van der Waals surface area contributed by atoms with Gasteiger partial charge in [0.2, 0.25) is 0 Å². The molecular weight excluding hydrogens is 258 g/mol. The van der Waals surface area contributed by atoms with Crippen LogP contribution in [0.15, 0.2) is 0 Å². The first kappa shape index (κ1) is 20.9. The Morgan fingerprint density at radius 1 is 0.667 bits per heavy atom. The van der Waals surface area contributed by atoms with E-state index >= 15 is 0 Å². The van der Waals surface area contributed by atoms with E-state index < -0.39 is 0 Å². The molecule has 0 bridgehead atoms. The maximum absolute atomic E-state index is 3.61. The minimum Gasteiger partial charge on any atom is -0.314 e. The number of hydrogen-bond acceptors (Lipinski definition) is 3. The molecule has 0 aromatic rings. The van der Waals surface area contributed by atoms with Crippen molar-refractivity contribution in [2.45, 2.75) is 54.4 Å². The summed E-state index contributed by atoms with van der Waals surface area (Å²) >= 11 is 0. The van der Waals surface area contributed by atoms with Crippen LogP contribution >= 0.6 is 0 Å². The summed E-state index contributed by atoms with van der Waals surface area (Å²) in [6, 6.07) is 0. The molecule has 3 nitrogen and oxygen atoms in total. The molecule has 0 spiro atoms. The van der Waals surface area contributed by atoms with Gasteiger partial charge in [-0.25, -0.2) is 0 Å². The van der Waals surface area contributed by atoms with Crippen LogP contribution in [0.5, 0.6) is 0 Å². The summed E-state index contributed by atoms with van der Waals surface area (Å²) in [4.78, 5) is 5.12. The van der Waals surface area contributed by atoms with Crippen molar-refractivity contribution in [3.8, 4) is 0 Å². The van der Waals surface area contributed by atoms with Gasteiger partial charge in [-0.15, -0.1) is 0 Å². The van der Waals surface area contributed by atoms with E-state index in [4.69, 9.17) is 0 Å². The number of nitrogens with zero attached hydrogens (tertiary/aromatic N) is 2. The molecule has 0 saturated carbocycles. The Kier molecular flexibility index (Phi) is 13.5. The average molecular weight is 300 g/mol. The van der Waals surface area contributed by atoms with Crippen LogP contribution in [0.1, 0.15) is 54.4 Å². The topological polar surface area (TPSA) is 18.5 Å². The van der Waals surface area contributed by atoms with Gasteiger partial charge in [0.1, 0.15) is 0 Å². The number of nitrogens with one attached hydrogen (secondary N) is 1. The van der Waals surface area contributed by atoms with Crippen molar-refractivity contribution in [1.29, 1.82) is 0 Å². The Bertz CT molecular complexity index is 201. The van der Waals surface area contributed by atoms with Gasteiger partial charge >= 0.3 is 0 Å². The SMILES string of the molecule is CCN(CC)CCNCCN(CCC(C)C)CCC(C)C. The number of rotatable bonds is 14. The fourth-order valence-corrected chi connectivity index (χ4v) is 2.36. The highest BCUT2D eigenvalue weighted by Gasteiger charge is 2.07. The highest BCUT2D eigenvalue weighted by molar-refractivity contribution is 4.64. The maximum Gasteiger partial charge on any atom is 0.0107 e.